The van der Waals surface area contributed by atoms with Crippen molar-refractivity contribution < 1.29 is 9.53 Å². The predicted molar refractivity (Wildman–Crippen MR) is 79.1 cm³/mol. The van der Waals surface area contributed by atoms with E-state index in [4.69, 9.17) is 4.74 Å². The lowest BCUT2D eigenvalue weighted by atomic mass is 10.1. The monoisotopic (exact) mass is 288 g/mol. The van der Waals surface area contributed by atoms with Crippen LogP contribution in [0.1, 0.15) is 12.6 Å². The van der Waals surface area contributed by atoms with E-state index in [1.807, 2.05) is 41.9 Å². The molecule has 0 saturated carbocycles. The maximum absolute atomic E-state index is 12.1. The normalized spacial score (nSPS) is 22.3. The lowest BCUT2D eigenvalue weighted by Crippen LogP contribution is -2.55. The molecule has 1 fully saturated rings. The molecule has 3 rings (SSSR count). The van der Waals surface area contributed by atoms with Crippen LogP contribution in [0, 0.1) is 0 Å². The van der Waals surface area contributed by atoms with Gasteiger partial charge in [0.15, 0.2) is 0 Å². The number of carbonyl (C=O) groups is 1. The number of pyridine rings is 1. The average Bonchev–Trinajstić information content (AvgIpc) is 2.90. The highest BCUT2D eigenvalue weighted by Crippen LogP contribution is 2.06. The van der Waals surface area contributed by atoms with Crippen LogP contribution in [0.5, 0.6) is 0 Å². The molecule has 1 saturated heterocycles. The maximum atomic E-state index is 12.1. The predicted octanol–water partition coefficient (Wildman–Crippen LogP) is 0.370. The first kappa shape index (κ1) is 14.0. The molecule has 2 N–H and O–H groups in total. The summed E-state index contributed by atoms with van der Waals surface area (Å²) in [4.78, 5) is 16.6. The summed E-state index contributed by atoms with van der Waals surface area (Å²) >= 11 is 0. The molecule has 21 heavy (non-hydrogen) atoms. The summed E-state index contributed by atoms with van der Waals surface area (Å²) in [5, 5.41) is 6.13. The summed E-state index contributed by atoms with van der Waals surface area (Å²) in [5.74, 6) is -0.00837. The second-order valence-electron chi connectivity index (χ2n) is 5.25. The van der Waals surface area contributed by atoms with Crippen LogP contribution < -0.4 is 10.6 Å². The minimum absolute atomic E-state index is 0.00837. The molecule has 0 spiro atoms. The number of nitrogens with zero attached hydrogens (tertiary/aromatic N) is 2. The second kappa shape index (κ2) is 6.24. The van der Waals surface area contributed by atoms with Gasteiger partial charge in [-0.05, 0) is 19.1 Å². The van der Waals surface area contributed by atoms with Gasteiger partial charge < -0.3 is 19.8 Å². The number of fused-ring (bicyclic) bond motifs is 1. The Morgan fingerprint density at radius 3 is 3.29 bits per heavy atom. The largest absolute Gasteiger partial charge is 0.375 e. The number of hydrogen-bond acceptors (Lipinski definition) is 4. The second-order valence-corrected chi connectivity index (χ2v) is 5.25. The van der Waals surface area contributed by atoms with Crippen LogP contribution in [0.15, 0.2) is 30.6 Å². The fourth-order valence-corrected chi connectivity index (χ4v) is 2.56. The third-order valence-corrected chi connectivity index (χ3v) is 3.69. The Morgan fingerprint density at radius 1 is 1.57 bits per heavy atom. The third kappa shape index (κ3) is 3.22. The van der Waals surface area contributed by atoms with Crippen LogP contribution in [0.4, 0.5) is 0 Å². The number of rotatable bonds is 4. The molecule has 1 aliphatic heterocycles. The molecule has 2 aromatic rings. The van der Waals surface area contributed by atoms with Crippen LogP contribution in [-0.4, -0.2) is 47.1 Å². The Hall–Kier alpha value is -1.92. The van der Waals surface area contributed by atoms with Gasteiger partial charge in [0.05, 0.1) is 18.4 Å². The summed E-state index contributed by atoms with van der Waals surface area (Å²) in [7, 11) is 0. The Labute approximate surface area is 123 Å². The van der Waals surface area contributed by atoms with E-state index in [2.05, 4.69) is 15.6 Å². The summed E-state index contributed by atoms with van der Waals surface area (Å²) in [6, 6.07) is 5.63. The van der Waals surface area contributed by atoms with Gasteiger partial charge in [-0.25, -0.2) is 4.98 Å². The molecule has 2 atom stereocenters. The number of aromatic nitrogens is 2. The first-order chi connectivity index (χ1) is 10.2. The number of ether oxygens (including phenoxy) is 1. The van der Waals surface area contributed by atoms with Gasteiger partial charge in [0.2, 0.25) is 5.91 Å². The van der Waals surface area contributed by atoms with Gasteiger partial charge in [0, 0.05) is 31.9 Å². The van der Waals surface area contributed by atoms with E-state index in [1.54, 1.807) is 0 Å². The van der Waals surface area contributed by atoms with E-state index < -0.39 is 0 Å². The van der Waals surface area contributed by atoms with E-state index in [1.165, 1.54) is 0 Å². The van der Waals surface area contributed by atoms with Gasteiger partial charge in [-0.3, -0.25) is 4.79 Å². The highest BCUT2D eigenvalue weighted by atomic mass is 16.5. The molecule has 3 heterocycles. The Balaban J connectivity index is 1.52. The van der Waals surface area contributed by atoms with Gasteiger partial charge >= 0.3 is 0 Å². The third-order valence-electron chi connectivity index (χ3n) is 3.69. The molecule has 1 aliphatic rings. The number of nitrogens with one attached hydrogen (secondary N) is 2. The van der Waals surface area contributed by atoms with Crippen molar-refractivity contribution in [2.75, 3.05) is 19.7 Å². The zero-order valence-corrected chi connectivity index (χ0v) is 12.1. The van der Waals surface area contributed by atoms with Crippen molar-refractivity contribution >= 4 is 11.6 Å². The maximum Gasteiger partial charge on any atom is 0.239 e. The van der Waals surface area contributed by atoms with E-state index >= 15 is 0 Å². The van der Waals surface area contributed by atoms with Gasteiger partial charge in [-0.2, -0.15) is 0 Å². The van der Waals surface area contributed by atoms with Crippen molar-refractivity contribution in [3.8, 4) is 0 Å². The molecule has 0 radical (unpaired) electrons. The fraction of sp³-hybridized carbons (Fsp3) is 0.467. The molecule has 112 valence electrons. The van der Waals surface area contributed by atoms with Crippen LogP contribution in [0.3, 0.4) is 0 Å². The van der Waals surface area contributed by atoms with Crippen molar-refractivity contribution in [3.05, 3.63) is 36.3 Å². The van der Waals surface area contributed by atoms with Gasteiger partial charge in [-0.1, -0.05) is 6.07 Å². The zero-order chi connectivity index (χ0) is 14.7. The Bertz CT molecular complexity index is 592. The summed E-state index contributed by atoms with van der Waals surface area (Å²) < 4.78 is 7.46. The Kier molecular flexibility index (Phi) is 4.17. The minimum Gasteiger partial charge on any atom is -0.375 e. The number of amides is 1. The average molecular weight is 288 g/mol. The molecule has 0 aliphatic carbocycles. The smallest absolute Gasteiger partial charge is 0.239 e. The van der Waals surface area contributed by atoms with Crippen LogP contribution in [0.2, 0.25) is 0 Å². The van der Waals surface area contributed by atoms with Crippen LogP contribution in [0.25, 0.3) is 5.65 Å². The molecule has 0 unspecified atom stereocenters. The van der Waals surface area contributed by atoms with Crippen molar-refractivity contribution in [2.45, 2.75) is 25.5 Å². The first-order valence-electron chi connectivity index (χ1n) is 7.29. The van der Waals surface area contributed by atoms with Crippen LogP contribution in [-0.2, 0) is 16.0 Å². The quantitative estimate of drug-likeness (QED) is 0.853. The molecule has 1 amide bonds. The van der Waals surface area contributed by atoms with E-state index in [0.717, 1.165) is 24.3 Å². The van der Waals surface area contributed by atoms with E-state index in [0.29, 0.717) is 13.2 Å². The molecular weight excluding hydrogens is 268 g/mol. The van der Waals surface area contributed by atoms with Gasteiger partial charge in [0.25, 0.3) is 0 Å². The number of imidazole rings is 1. The summed E-state index contributed by atoms with van der Waals surface area (Å²) in [5.41, 5.74) is 1.90. The minimum atomic E-state index is -0.264. The zero-order valence-electron chi connectivity index (χ0n) is 12.1. The number of carbonyl (C=O) groups excluding carboxylic acids is 1. The standard InChI is InChI=1S/C15H20N4O2/c1-11-14(16-7-9-21-11)15(20)17-6-5-12-10-19-8-3-2-4-13(19)18-12/h2-4,8,10-11,14,16H,5-7,9H2,1H3,(H,17,20)/t11-,14+/m1/s1. The molecular formula is C15H20N4O2. The summed E-state index contributed by atoms with van der Waals surface area (Å²) in [6.45, 7) is 3.87. The van der Waals surface area contributed by atoms with E-state index in [-0.39, 0.29) is 18.1 Å². The molecule has 6 nitrogen and oxygen atoms in total. The topological polar surface area (TPSA) is 67.7 Å². The van der Waals surface area contributed by atoms with Crippen molar-refractivity contribution in [2.24, 2.45) is 0 Å². The number of hydrogen-bond donors (Lipinski definition) is 2. The molecule has 0 bridgehead atoms. The first-order valence-corrected chi connectivity index (χ1v) is 7.29. The molecule has 2 aromatic heterocycles. The SMILES string of the molecule is C[C@H]1OCCN[C@@H]1C(=O)NCCc1cn2ccccc2n1. The van der Waals surface area contributed by atoms with E-state index in [9.17, 15) is 4.79 Å². The lowest BCUT2D eigenvalue weighted by molar-refractivity contribution is -0.128. The highest BCUT2D eigenvalue weighted by Gasteiger charge is 2.27. The van der Waals surface area contributed by atoms with Gasteiger partial charge in [-0.15, -0.1) is 0 Å². The van der Waals surface area contributed by atoms with Crippen LogP contribution >= 0.6 is 0 Å². The van der Waals surface area contributed by atoms with Crippen molar-refractivity contribution in [3.63, 3.8) is 0 Å². The Morgan fingerprint density at radius 2 is 2.48 bits per heavy atom. The molecule has 0 aromatic carbocycles. The van der Waals surface area contributed by atoms with Gasteiger partial charge in [0.1, 0.15) is 11.7 Å². The fourth-order valence-electron chi connectivity index (χ4n) is 2.56. The summed E-state index contributed by atoms with van der Waals surface area (Å²) in [6.07, 6.45) is 4.59. The lowest BCUT2D eigenvalue weighted by Gasteiger charge is -2.29. The number of morpholine rings is 1. The molecule has 6 heteroatoms. The van der Waals surface area contributed by atoms with Crippen molar-refractivity contribution in [1.82, 2.24) is 20.0 Å². The highest BCUT2D eigenvalue weighted by molar-refractivity contribution is 5.82. The van der Waals surface area contributed by atoms with Crippen molar-refractivity contribution in [1.29, 1.82) is 0 Å².